The second-order valence-electron chi connectivity index (χ2n) is 7.68. The van der Waals surface area contributed by atoms with E-state index in [0.29, 0.717) is 24.1 Å². The third-order valence-corrected chi connectivity index (χ3v) is 5.61. The molecule has 158 valence electrons. The molecule has 4 rings (SSSR count). The number of alkyl halides is 3. The van der Waals surface area contributed by atoms with Gasteiger partial charge in [0.25, 0.3) is 5.69 Å². The van der Waals surface area contributed by atoms with Crippen molar-refractivity contribution in [2.24, 2.45) is 5.92 Å². The number of aromatic nitrogens is 2. The summed E-state index contributed by atoms with van der Waals surface area (Å²) in [5.41, 5.74) is 1.92. The van der Waals surface area contributed by atoms with Gasteiger partial charge in [-0.25, -0.2) is 4.98 Å². The van der Waals surface area contributed by atoms with Crippen LogP contribution in [0.2, 0.25) is 0 Å². The topological polar surface area (TPSA) is 64.2 Å². The number of para-hydroxylation sites is 2. The maximum Gasteiger partial charge on any atom is 0.449 e. The number of benzene rings is 2. The summed E-state index contributed by atoms with van der Waals surface area (Å²) in [5, 5.41) is 10.8. The molecule has 0 saturated carbocycles. The van der Waals surface area contributed by atoms with E-state index in [0.717, 1.165) is 31.5 Å². The highest BCUT2D eigenvalue weighted by atomic mass is 19.4. The van der Waals surface area contributed by atoms with Crippen molar-refractivity contribution >= 4 is 16.7 Å². The molecule has 9 heteroatoms. The Balaban J connectivity index is 1.41. The van der Waals surface area contributed by atoms with Gasteiger partial charge in [0, 0.05) is 25.2 Å². The van der Waals surface area contributed by atoms with Gasteiger partial charge in [-0.1, -0.05) is 24.3 Å². The molecular weight excluding hydrogens is 397 g/mol. The number of likely N-dealkylation sites (tertiary alicyclic amines) is 1. The molecule has 30 heavy (non-hydrogen) atoms. The van der Waals surface area contributed by atoms with Crippen molar-refractivity contribution in [3.05, 3.63) is 70.0 Å². The third-order valence-electron chi connectivity index (χ3n) is 5.61. The van der Waals surface area contributed by atoms with Crippen LogP contribution in [-0.4, -0.2) is 32.5 Å². The van der Waals surface area contributed by atoms with E-state index >= 15 is 0 Å². The van der Waals surface area contributed by atoms with Crippen LogP contribution in [0.15, 0.2) is 48.5 Å². The summed E-state index contributed by atoms with van der Waals surface area (Å²) in [6.07, 6.45) is -2.91. The number of rotatable bonds is 5. The zero-order valence-electron chi connectivity index (χ0n) is 16.2. The predicted octanol–water partition coefficient (Wildman–Crippen LogP) is 4.88. The number of nitro groups is 1. The van der Waals surface area contributed by atoms with Crippen LogP contribution in [-0.2, 0) is 19.3 Å². The summed E-state index contributed by atoms with van der Waals surface area (Å²) >= 11 is 0. The predicted molar refractivity (Wildman–Crippen MR) is 106 cm³/mol. The van der Waals surface area contributed by atoms with Crippen molar-refractivity contribution in [1.82, 2.24) is 14.5 Å². The Bertz CT molecular complexity index is 1040. The Labute approximate surface area is 171 Å². The minimum absolute atomic E-state index is 0.0606. The first-order valence-corrected chi connectivity index (χ1v) is 9.79. The lowest BCUT2D eigenvalue weighted by atomic mass is 9.96. The van der Waals surface area contributed by atoms with Crippen molar-refractivity contribution in [2.45, 2.75) is 32.1 Å². The molecule has 0 bridgehead atoms. The van der Waals surface area contributed by atoms with Gasteiger partial charge in [0.1, 0.15) is 0 Å². The maximum atomic E-state index is 13.5. The average Bonchev–Trinajstić information content (AvgIpc) is 3.09. The molecule has 1 aliphatic rings. The van der Waals surface area contributed by atoms with E-state index in [2.05, 4.69) is 9.88 Å². The molecule has 0 atom stereocenters. The summed E-state index contributed by atoms with van der Waals surface area (Å²) in [5.74, 6) is -0.700. The summed E-state index contributed by atoms with van der Waals surface area (Å²) in [6, 6.07) is 13.2. The van der Waals surface area contributed by atoms with Crippen LogP contribution in [0.1, 0.15) is 24.2 Å². The van der Waals surface area contributed by atoms with E-state index < -0.39 is 16.9 Å². The van der Waals surface area contributed by atoms with Crippen molar-refractivity contribution < 1.29 is 18.1 Å². The van der Waals surface area contributed by atoms with Gasteiger partial charge in [0.2, 0.25) is 5.82 Å². The first-order chi connectivity index (χ1) is 14.3. The Kier molecular flexibility index (Phi) is 5.46. The average molecular weight is 418 g/mol. The number of nitrogens with zero attached hydrogens (tertiary/aromatic N) is 4. The number of halogens is 3. The molecule has 0 radical (unpaired) electrons. The van der Waals surface area contributed by atoms with Crippen LogP contribution in [0.25, 0.3) is 11.0 Å². The lowest BCUT2D eigenvalue weighted by Crippen LogP contribution is -2.35. The minimum atomic E-state index is -4.49. The van der Waals surface area contributed by atoms with Gasteiger partial charge >= 0.3 is 6.18 Å². The molecule has 1 fully saturated rings. The van der Waals surface area contributed by atoms with E-state index in [4.69, 9.17) is 0 Å². The van der Waals surface area contributed by atoms with Crippen LogP contribution in [0.3, 0.4) is 0 Å². The zero-order valence-corrected chi connectivity index (χ0v) is 16.2. The SMILES string of the molecule is O=[N+]([O-])c1ccc(CN2CCC(Cn3c(C(F)(F)F)nc4ccccc43)CC2)cc1. The standard InChI is InChI=1S/C21H21F3N4O2/c22-21(23,24)20-25-18-3-1-2-4-19(18)27(20)14-16-9-11-26(12-10-16)13-15-5-7-17(8-6-15)28(29)30/h1-8,16H,9-14H2. The summed E-state index contributed by atoms with van der Waals surface area (Å²) < 4.78 is 41.8. The molecule has 6 nitrogen and oxygen atoms in total. The zero-order chi connectivity index (χ0) is 21.3. The van der Waals surface area contributed by atoms with E-state index in [1.807, 2.05) is 0 Å². The summed E-state index contributed by atoms with van der Waals surface area (Å²) in [7, 11) is 0. The monoisotopic (exact) mass is 418 g/mol. The van der Waals surface area contributed by atoms with Crippen LogP contribution in [0.4, 0.5) is 18.9 Å². The second-order valence-corrected chi connectivity index (χ2v) is 7.68. The number of non-ortho nitro benzene ring substituents is 1. The molecule has 3 aromatic rings. The fourth-order valence-corrected chi connectivity index (χ4v) is 4.04. The van der Waals surface area contributed by atoms with Gasteiger partial charge in [0.15, 0.2) is 0 Å². The maximum absolute atomic E-state index is 13.5. The number of hydrogen-bond acceptors (Lipinski definition) is 4. The van der Waals surface area contributed by atoms with Gasteiger partial charge in [-0.05, 0) is 49.5 Å². The first kappa shape index (κ1) is 20.3. The molecule has 0 unspecified atom stereocenters. The number of fused-ring (bicyclic) bond motifs is 1. The van der Waals surface area contributed by atoms with Gasteiger partial charge in [-0.3, -0.25) is 15.0 Å². The molecule has 1 aromatic heterocycles. The fraction of sp³-hybridized carbons (Fsp3) is 0.381. The van der Waals surface area contributed by atoms with Crippen molar-refractivity contribution in [3.8, 4) is 0 Å². The molecular formula is C21H21F3N4O2. The molecule has 0 N–H and O–H groups in total. The smallest absolute Gasteiger partial charge is 0.320 e. The highest BCUT2D eigenvalue weighted by molar-refractivity contribution is 5.76. The molecule has 2 aromatic carbocycles. The first-order valence-electron chi connectivity index (χ1n) is 9.79. The lowest BCUT2D eigenvalue weighted by Gasteiger charge is -2.32. The normalized spacial score (nSPS) is 16.2. The van der Waals surface area contributed by atoms with Gasteiger partial charge < -0.3 is 4.57 Å². The number of hydrogen-bond donors (Lipinski definition) is 0. The van der Waals surface area contributed by atoms with Crippen LogP contribution in [0, 0.1) is 16.0 Å². The van der Waals surface area contributed by atoms with Gasteiger partial charge in [0.05, 0.1) is 16.0 Å². The lowest BCUT2D eigenvalue weighted by molar-refractivity contribution is -0.384. The van der Waals surface area contributed by atoms with Gasteiger partial charge in [-0.2, -0.15) is 13.2 Å². The Morgan fingerprint density at radius 3 is 2.37 bits per heavy atom. The quantitative estimate of drug-likeness (QED) is 0.438. The van der Waals surface area contributed by atoms with Gasteiger partial charge in [-0.15, -0.1) is 0 Å². The largest absolute Gasteiger partial charge is 0.449 e. The molecule has 1 saturated heterocycles. The molecule has 2 heterocycles. The number of piperidine rings is 1. The minimum Gasteiger partial charge on any atom is -0.320 e. The summed E-state index contributed by atoms with van der Waals surface area (Å²) in [4.78, 5) is 16.4. The molecule has 0 amide bonds. The molecule has 1 aliphatic heterocycles. The van der Waals surface area contributed by atoms with Crippen molar-refractivity contribution in [3.63, 3.8) is 0 Å². The highest BCUT2D eigenvalue weighted by Gasteiger charge is 2.38. The van der Waals surface area contributed by atoms with Crippen LogP contribution >= 0.6 is 0 Å². The number of imidazole rings is 1. The van der Waals surface area contributed by atoms with E-state index in [-0.39, 0.29) is 11.6 Å². The highest BCUT2D eigenvalue weighted by Crippen LogP contribution is 2.33. The van der Waals surface area contributed by atoms with Crippen molar-refractivity contribution in [1.29, 1.82) is 0 Å². The Morgan fingerprint density at radius 2 is 1.73 bits per heavy atom. The van der Waals surface area contributed by atoms with Crippen LogP contribution in [0.5, 0.6) is 0 Å². The number of nitro benzene ring substituents is 1. The Hall–Kier alpha value is -2.94. The second kappa shape index (κ2) is 8.06. The molecule has 0 aliphatic carbocycles. The third kappa shape index (κ3) is 4.30. The van der Waals surface area contributed by atoms with E-state index in [9.17, 15) is 23.3 Å². The van der Waals surface area contributed by atoms with Crippen molar-refractivity contribution in [2.75, 3.05) is 13.1 Å². The van der Waals surface area contributed by atoms with E-state index in [1.54, 1.807) is 36.4 Å². The summed E-state index contributed by atoms with van der Waals surface area (Å²) in [6.45, 7) is 2.51. The fourth-order valence-electron chi connectivity index (χ4n) is 4.04. The Morgan fingerprint density at radius 1 is 1.07 bits per heavy atom. The van der Waals surface area contributed by atoms with E-state index in [1.165, 1.54) is 16.7 Å². The van der Waals surface area contributed by atoms with Crippen LogP contribution < -0.4 is 0 Å². The molecule has 0 spiro atoms.